The molecular formula is C26H27FN6O. The highest BCUT2D eigenvalue weighted by atomic mass is 19.1. The Balaban J connectivity index is 1.53. The van der Waals surface area contributed by atoms with Gasteiger partial charge in [0.05, 0.1) is 36.4 Å². The van der Waals surface area contributed by atoms with Crippen LogP contribution in [0.3, 0.4) is 0 Å². The summed E-state index contributed by atoms with van der Waals surface area (Å²) in [6.45, 7) is 3.73. The van der Waals surface area contributed by atoms with Gasteiger partial charge >= 0.3 is 0 Å². The number of aromatic nitrogens is 5. The third-order valence-corrected chi connectivity index (χ3v) is 5.81. The molecule has 0 saturated carbocycles. The van der Waals surface area contributed by atoms with Crippen molar-refractivity contribution < 1.29 is 9.13 Å². The summed E-state index contributed by atoms with van der Waals surface area (Å²) < 4.78 is 22.8. The number of nitrogens with zero attached hydrogens (tertiary/aromatic N) is 5. The Hall–Kier alpha value is -3.78. The molecule has 174 valence electrons. The van der Waals surface area contributed by atoms with Gasteiger partial charge < -0.3 is 14.6 Å². The van der Waals surface area contributed by atoms with E-state index in [1.807, 2.05) is 43.6 Å². The first-order valence-electron chi connectivity index (χ1n) is 11.2. The van der Waals surface area contributed by atoms with Crippen LogP contribution < -0.4 is 4.74 Å². The Morgan fingerprint density at radius 3 is 2.59 bits per heavy atom. The van der Waals surface area contributed by atoms with Crippen molar-refractivity contribution in [1.82, 2.24) is 29.6 Å². The van der Waals surface area contributed by atoms with Gasteiger partial charge in [-0.25, -0.2) is 9.37 Å². The normalized spacial score (nSPS) is 12.6. The molecule has 0 bridgehead atoms. The number of ether oxygens (including phenoxy) is 1. The molecule has 0 fully saturated rings. The van der Waals surface area contributed by atoms with E-state index in [4.69, 9.17) is 4.74 Å². The Kier molecular flexibility index (Phi) is 5.75. The summed E-state index contributed by atoms with van der Waals surface area (Å²) in [6, 6.07) is 9.53. The topological polar surface area (TPSA) is 71.9 Å². The molecule has 5 rings (SSSR count). The maximum Gasteiger partial charge on any atom is 0.150 e. The lowest BCUT2D eigenvalue weighted by Gasteiger charge is -2.17. The molecule has 34 heavy (non-hydrogen) atoms. The van der Waals surface area contributed by atoms with E-state index in [0.717, 1.165) is 45.4 Å². The summed E-state index contributed by atoms with van der Waals surface area (Å²) in [4.78, 5) is 14.3. The molecule has 0 saturated heterocycles. The minimum Gasteiger partial charge on any atom is -0.493 e. The maximum atomic E-state index is 15.2. The van der Waals surface area contributed by atoms with Crippen LogP contribution in [0.15, 0.2) is 55.1 Å². The van der Waals surface area contributed by atoms with Crippen LogP contribution in [0, 0.1) is 11.7 Å². The van der Waals surface area contributed by atoms with Crippen molar-refractivity contribution in [1.29, 1.82) is 0 Å². The van der Waals surface area contributed by atoms with Gasteiger partial charge in [-0.1, -0.05) is 19.1 Å². The molecule has 1 atom stereocenters. The predicted molar refractivity (Wildman–Crippen MR) is 132 cm³/mol. The molecule has 8 heteroatoms. The first-order chi connectivity index (χ1) is 16.4. The van der Waals surface area contributed by atoms with Crippen molar-refractivity contribution in [2.75, 3.05) is 27.2 Å². The Labute approximate surface area is 197 Å². The molecule has 0 spiro atoms. The fourth-order valence-electron chi connectivity index (χ4n) is 4.36. The highest BCUT2D eigenvalue weighted by molar-refractivity contribution is 6.13. The summed E-state index contributed by atoms with van der Waals surface area (Å²) >= 11 is 0. The molecule has 5 aromatic rings. The van der Waals surface area contributed by atoms with Gasteiger partial charge in [-0.05, 0) is 37.9 Å². The van der Waals surface area contributed by atoms with Crippen LogP contribution in [0.25, 0.3) is 44.3 Å². The summed E-state index contributed by atoms with van der Waals surface area (Å²) in [5.41, 5.74) is 4.36. The van der Waals surface area contributed by atoms with Gasteiger partial charge in [-0.3, -0.25) is 9.67 Å². The lowest BCUT2D eigenvalue weighted by molar-refractivity contribution is 0.222. The van der Waals surface area contributed by atoms with Crippen LogP contribution in [-0.4, -0.2) is 56.9 Å². The van der Waals surface area contributed by atoms with Crippen LogP contribution in [0.1, 0.15) is 6.92 Å². The first-order valence-corrected chi connectivity index (χ1v) is 11.2. The highest BCUT2D eigenvalue weighted by Gasteiger charge is 2.18. The second-order valence-corrected chi connectivity index (χ2v) is 9.05. The van der Waals surface area contributed by atoms with Crippen LogP contribution in [0.4, 0.5) is 4.39 Å². The van der Waals surface area contributed by atoms with E-state index in [9.17, 15) is 0 Å². The number of rotatable bonds is 7. The van der Waals surface area contributed by atoms with Gasteiger partial charge in [0.2, 0.25) is 0 Å². The number of nitrogens with one attached hydrogen (secondary N) is 1. The van der Waals surface area contributed by atoms with E-state index < -0.39 is 0 Å². The number of aromatic amines is 1. The Bertz CT molecular complexity index is 1450. The van der Waals surface area contributed by atoms with E-state index >= 15 is 4.39 Å². The molecule has 4 heterocycles. The van der Waals surface area contributed by atoms with Crippen LogP contribution in [0.2, 0.25) is 0 Å². The Morgan fingerprint density at radius 2 is 1.88 bits per heavy atom. The van der Waals surface area contributed by atoms with Gasteiger partial charge in [0.25, 0.3) is 0 Å². The molecule has 7 nitrogen and oxygen atoms in total. The molecule has 0 aliphatic rings. The van der Waals surface area contributed by atoms with Gasteiger partial charge in [0.1, 0.15) is 17.2 Å². The third-order valence-electron chi connectivity index (χ3n) is 5.81. The monoisotopic (exact) mass is 458 g/mol. The maximum absolute atomic E-state index is 15.2. The molecule has 1 N–H and O–H groups in total. The zero-order chi connectivity index (χ0) is 23.8. The van der Waals surface area contributed by atoms with Crippen LogP contribution in [0.5, 0.6) is 5.75 Å². The van der Waals surface area contributed by atoms with Gasteiger partial charge in [0, 0.05) is 47.6 Å². The fourth-order valence-corrected chi connectivity index (χ4v) is 4.36. The molecule has 1 unspecified atom stereocenters. The van der Waals surface area contributed by atoms with Gasteiger partial charge in [-0.2, -0.15) is 5.10 Å². The molecule has 0 radical (unpaired) electrons. The number of fused-ring (bicyclic) bond motifs is 3. The van der Waals surface area contributed by atoms with Gasteiger partial charge in [-0.15, -0.1) is 0 Å². The molecule has 0 aliphatic heterocycles. The van der Waals surface area contributed by atoms with E-state index in [1.54, 1.807) is 17.1 Å². The SMILES string of the molecule is CC(COc1ccc(-c2c(F)cnc3[nH]c4cnc(-c5cnn(C)c5)cc4c23)cc1)CN(C)C. The van der Waals surface area contributed by atoms with Crippen molar-refractivity contribution in [2.24, 2.45) is 13.0 Å². The second kappa shape index (κ2) is 8.87. The fraction of sp³-hybridized carbons (Fsp3) is 0.269. The number of H-pyrrole nitrogens is 1. The minimum atomic E-state index is -0.374. The molecular weight excluding hydrogens is 431 g/mol. The zero-order valence-corrected chi connectivity index (χ0v) is 19.7. The number of halogens is 1. The number of aryl methyl sites for hydroxylation is 1. The highest BCUT2D eigenvalue weighted by Crippen LogP contribution is 2.37. The van der Waals surface area contributed by atoms with Gasteiger partial charge in [0.15, 0.2) is 0 Å². The van der Waals surface area contributed by atoms with E-state index in [2.05, 4.69) is 46.0 Å². The smallest absolute Gasteiger partial charge is 0.150 e. The number of hydrogen-bond donors (Lipinski definition) is 1. The van der Waals surface area contributed by atoms with Crippen LogP contribution >= 0.6 is 0 Å². The number of benzene rings is 1. The number of hydrogen-bond acceptors (Lipinski definition) is 5. The largest absolute Gasteiger partial charge is 0.493 e. The first kappa shape index (κ1) is 22.0. The van der Waals surface area contributed by atoms with E-state index in [0.29, 0.717) is 23.7 Å². The summed E-state index contributed by atoms with van der Waals surface area (Å²) in [5.74, 6) is 0.796. The van der Waals surface area contributed by atoms with E-state index in [1.165, 1.54) is 6.20 Å². The van der Waals surface area contributed by atoms with Crippen molar-refractivity contribution in [3.8, 4) is 28.1 Å². The molecule has 0 aliphatic carbocycles. The van der Waals surface area contributed by atoms with Crippen molar-refractivity contribution in [3.63, 3.8) is 0 Å². The molecule has 4 aromatic heterocycles. The summed E-state index contributed by atoms with van der Waals surface area (Å²) in [5, 5.41) is 5.83. The van der Waals surface area contributed by atoms with Crippen molar-refractivity contribution in [2.45, 2.75) is 6.92 Å². The lowest BCUT2D eigenvalue weighted by Crippen LogP contribution is -2.24. The average Bonchev–Trinajstić information content (AvgIpc) is 3.41. The minimum absolute atomic E-state index is 0.374. The molecule has 1 aromatic carbocycles. The number of pyridine rings is 2. The van der Waals surface area contributed by atoms with E-state index in [-0.39, 0.29) is 5.82 Å². The Morgan fingerprint density at radius 1 is 1.09 bits per heavy atom. The van der Waals surface area contributed by atoms with Crippen molar-refractivity contribution in [3.05, 3.63) is 60.9 Å². The summed E-state index contributed by atoms with van der Waals surface area (Å²) in [6.07, 6.45) is 6.68. The zero-order valence-electron chi connectivity index (χ0n) is 19.7. The quantitative estimate of drug-likeness (QED) is 0.376. The second-order valence-electron chi connectivity index (χ2n) is 9.05. The van der Waals surface area contributed by atoms with Crippen molar-refractivity contribution >= 4 is 21.9 Å². The standard InChI is InChI=1S/C26H27FN6O/c1-16(13-32(2)3)15-34-19-7-5-17(6-8-19)24-21(27)11-29-26-25(24)20-9-22(28-12-23(20)31-26)18-10-30-33(4)14-18/h5-12,14,16H,13,15H2,1-4H3,(H,29,31). The summed E-state index contributed by atoms with van der Waals surface area (Å²) in [7, 11) is 5.97. The molecule has 0 amide bonds. The van der Waals surface area contributed by atoms with Crippen LogP contribution in [-0.2, 0) is 7.05 Å². The lowest BCUT2D eigenvalue weighted by atomic mass is 10.0. The third kappa shape index (κ3) is 4.24. The predicted octanol–water partition coefficient (Wildman–Crippen LogP) is 4.89. The average molecular weight is 459 g/mol.